The Morgan fingerprint density at radius 1 is 1.08 bits per heavy atom. The van der Waals surface area contributed by atoms with E-state index in [9.17, 15) is 19.2 Å². The first kappa shape index (κ1) is 27.2. The van der Waals surface area contributed by atoms with E-state index in [2.05, 4.69) is 5.32 Å². The Balaban J connectivity index is 1.43. The first-order valence-electron chi connectivity index (χ1n) is 13.0. The van der Waals surface area contributed by atoms with Gasteiger partial charge in [-0.05, 0) is 68.4 Å². The molecule has 3 N–H and O–H groups in total. The molecule has 1 saturated heterocycles. The zero-order valence-electron chi connectivity index (χ0n) is 22.5. The Labute approximate surface area is 223 Å². The highest BCUT2D eigenvalue weighted by molar-refractivity contribution is 6.01. The molecule has 1 fully saturated rings. The molecule has 2 atom stereocenters. The molecule has 0 aromatic heterocycles. The summed E-state index contributed by atoms with van der Waals surface area (Å²) in [7, 11) is 1.78. The molecule has 4 amide bonds. The molecule has 2 aliphatic heterocycles. The van der Waals surface area contributed by atoms with Crippen LogP contribution in [0.3, 0.4) is 0 Å². The second kappa shape index (κ2) is 10.8. The number of anilines is 1. The van der Waals surface area contributed by atoms with Crippen LogP contribution in [0.2, 0.25) is 0 Å². The van der Waals surface area contributed by atoms with Crippen LogP contribution in [0, 0.1) is 0 Å². The molecule has 0 bridgehead atoms. The zero-order chi connectivity index (χ0) is 27.6. The largest absolute Gasteiger partial charge is 0.444 e. The maximum absolute atomic E-state index is 13.2. The Morgan fingerprint density at radius 2 is 1.76 bits per heavy atom. The van der Waals surface area contributed by atoms with Crippen LogP contribution in [0.25, 0.3) is 11.1 Å². The predicted octanol–water partition coefficient (Wildman–Crippen LogP) is 3.17. The molecule has 202 valence electrons. The second-order valence-electron chi connectivity index (χ2n) is 11.0. The number of hydrogen-bond donors (Lipinski definition) is 2. The smallest absolute Gasteiger partial charge is 0.410 e. The number of likely N-dealkylation sites (N-methyl/N-ethyl adjacent to an activating group) is 1. The van der Waals surface area contributed by atoms with E-state index in [4.69, 9.17) is 10.5 Å². The van der Waals surface area contributed by atoms with Gasteiger partial charge in [0, 0.05) is 25.7 Å². The van der Waals surface area contributed by atoms with Gasteiger partial charge in [-0.2, -0.15) is 0 Å². The van der Waals surface area contributed by atoms with E-state index in [0.717, 1.165) is 40.8 Å². The summed E-state index contributed by atoms with van der Waals surface area (Å²) >= 11 is 0. The lowest BCUT2D eigenvalue weighted by atomic mass is 9.98. The summed E-state index contributed by atoms with van der Waals surface area (Å²) in [5.41, 5.74) is 9.68. The quantitative estimate of drug-likeness (QED) is 0.606. The summed E-state index contributed by atoms with van der Waals surface area (Å²) in [6, 6.07) is 12.0. The van der Waals surface area contributed by atoms with Crippen molar-refractivity contribution in [2.75, 3.05) is 18.5 Å². The van der Waals surface area contributed by atoms with Crippen molar-refractivity contribution in [3.05, 3.63) is 53.6 Å². The summed E-state index contributed by atoms with van der Waals surface area (Å²) < 4.78 is 5.49. The minimum atomic E-state index is -0.921. The van der Waals surface area contributed by atoms with Gasteiger partial charge in [-0.1, -0.05) is 36.4 Å². The number of nitrogens with two attached hydrogens (primary N) is 1. The van der Waals surface area contributed by atoms with Crippen molar-refractivity contribution in [2.24, 2.45) is 5.73 Å². The third-order valence-electron chi connectivity index (χ3n) is 6.98. The van der Waals surface area contributed by atoms with E-state index in [1.807, 2.05) is 42.5 Å². The minimum Gasteiger partial charge on any atom is -0.444 e. The number of amides is 4. The fourth-order valence-electron chi connectivity index (χ4n) is 4.92. The van der Waals surface area contributed by atoms with Crippen molar-refractivity contribution in [1.29, 1.82) is 0 Å². The van der Waals surface area contributed by atoms with E-state index >= 15 is 0 Å². The minimum absolute atomic E-state index is 0.0782. The normalized spacial score (nSPS) is 18.1. The van der Waals surface area contributed by atoms with Gasteiger partial charge in [-0.15, -0.1) is 0 Å². The van der Waals surface area contributed by atoms with Crippen LogP contribution in [0.1, 0.15) is 51.2 Å². The Hall–Kier alpha value is -3.88. The van der Waals surface area contributed by atoms with E-state index in [1.54, 1.807) is 32.7 Å². The van der Waals surface area contributed by atoms with Gasteiger partial charge in [0.2, 0.25) is 17.7 Å². The standard InChI is InChI=1S/C29H36N4O5/c1-29(2,3)38-28(37)33-14-6-5-7-23(33)27(36)31-22(26(30)35)15-18-8-10-19(11-9-18)20-12-13-21-17-25(34)32(4)24(21)16-20/h8-13,16,22-23H,5-7,14-15,17H2,1-4H3,(H2,30,35)(H,31,36)/t22-,23-/m0/s1. The third kappa shape index (κ3) is 6.15. The molecule has 2 aliphatic rings. The van der Waals surface area contributed by atoms with E-state index in [-0.39, 0.29) is 12.3 Å². The van der Waals surface area contributed by atoms with E-state index < -0.39 is 35.6 Å². The van der Waals surface area contributed by atoms with Crippen molar-refractivity contribution >= 4 is 29.5 Å². The van der Waals surface area contributed by atoms with Gasteiger partial charge in [-0.3, -0.25) is 19.3 Å². The van der Waals surface area contributed by atoms with Gasteiger partial charge >= 0.3 is 6.09 Å². The lowest BCUT2D eigenvalue weighted by Crippen LogP contribution is -2.56. The average Bonchev–Trinajstić information content (AvgIpc) is 3.15. The highest BCUT2D eigenvalue weighted by Crippen LogP contribution is 2.32. The SMILES string of the molecule is CN1C(=O)Cc2ccc(-c3ccc(C[C@H](NC(=O)[C@@H]4CCCCN4C(=O)OC(C)(C)C)C(N)=O)cc3)cc21. The molecule has 2 aromatic carbocycles. The van der Waals surface area contributed by atoms with Crippen molar-refractivity contribution in [2.45, 2.75) is 70.6 Å². The number of rotatable bonds is 6. The van der Waals surface area contributed by atoms with Crippen LogP contribution in [-0.4, -0.2) is 60.0 Å². The van der Waals surface area contributed by atoms with Gasteiger partial charge in [0.25, 0.3) is 0 Å². The van der Waals surface area contributed by atoms with Crippen LogP contribution in [0.4, 0.5) is 10.5 Å². The molecular weight excluding hydrogens is 484 g/mol. The predicted molar refractivity (Wildman–Crippen MR) is 144 cm³/mol. The molecule has 2 heterocycles. The fourth-order valence-corrected chi connectivity index (χ4v) is 4.92. The number of carbonyl (C=O) groups is 4. The summed E-state index contributed by atoms with van der Waals surface area (Å²) in [5, 5.41) is 2.77. The van der Waals surface area contributed by atoms with Crippen molar-refractivity contribution in [3.8, 4) is 11.1 Å². The van der Waals surface area contributed by atoms with Gasteiger partial charge < -0.3 is 20.7 Å². The zero-order valence-corrected chi connectivity index (χ0v) is 22.5. The molecule has 9 heteroatoms. The van der Waals surface area contributed by atoms with Gasteiger partial charge in [0.15, 0.2) is 0 Å². The molecule has 0 saturated carbocycles. The lowest BCUT2D eigenvalue weighted by Gasteiger charge is -2.36. The highest BCUT2D eigenvalue weighted by atomic mass is 16.6. The topological polar surface area (TPSA) is 122 Å². The first-order chi connectivity index (χ1) is 17.9. The van der Waals surface area contributed by atoms with Crippen molar-refractivity contribution < 1.29 is 23.9 Å². The maximum Gasteiger partial charge on any atom is 0.410 e. The van der Waals surface area contributed by atoms with E-state index in [0.29, 0.717) is 19.4 Å². The van der Waals surface area contributed by atoms with Crippen LogP contribution in [-0.2, 0) is 32.0 Å². The molecule has 2 aromatic rings. The van der Waals surface area contributed by atoms with Crippen molar-refractivity contribution in [1.82, 2.24) is 10.2 Å². The van der Waals surface area contributed by atoms with Crippen LogP contribution >= 0.6 is 0 Å². The number of nitrogens with one attached hydrogen (secondary N) is 1. The van der Waals surface area contributed by atoms with Gasteiger partial charge in [0.1, 0.15) is 17.7 Å². The summed E-state index contributed by atoms with van der Waals surface area (Å²) in [5.74, 6) is -0.976. The lowest BCUT2D eigenvalue weighted by molar-refractivity contribution is -0.131. The number of nitrogens with zero attached hydrogens (tertiary/aromatic N) is 2. The summed E-state index contributed by atoms with van der Waals surface area (Å²) in [4.78, 5) is 53.2. The number of piperidine rings is 1. The molecule has 0 unspecified atom stereocenters. The first-order valence-corrected chi connectivity index (χ1v) is 13.0. The number of fused-ring (bicyclic) bond motifs is 1. The molecule has 4 rings (SSSR count). The van der Waals surface area contributed by atoms with Crippen LogP contribution in [0.15, 0.2) is 42.5 Å². The number of benzene rings is 2. The molecule has 38 heavy (non-hydrogen) atoms. The van der Waals surface area contributed by atoms with Gasteiger partial charge in [-0.25, -0.2) is 4.79 Å². The number of primary amides is 1. The maximum atomic E-state index is 13.2. The fraction of sp³-hybridized carbons (Fsp3) is 0.448. The van der Waals surface area contributed by atoms with Crippen LogP contribution < -0.4 is 16.0 Å². The van der Waals surface area contributed by atoms with E-state index in [1.165, 1.54) is 4.90 Å². The number of carbonyl (C=O) groups excluding carboxylic acids is 4. The molecule has 9 nitrogen and oxygen atoms in total. The number of ether oxygens (including phenoxy) is 1. The molecule has 0 aliphatic carbocycles. The van der Waals surface area contributed by atoms with Gasteiger partial charge in [0.05, 0.1) is 6.42 Å². The van der Waals surface area contributed by atoms with Crippen molar-refractivity contribution in [3.63, 3.8) is 0 Å². The van der Waals surface area contributed by atoms with Crippen LogP contribution in [0.5, 0.6) is 0 Å². The molecular formula is C29H36N4O5. The molecule has 0 radical (unpaired) electrons. The number of hydrogen-bond acceptors (Lipinski definition) is 5. The Kier molecular flexibility index (Phi) is 7.76. The Bertz CT molecular complexity index is 1230. The second-order valence-corrected chi connectivity index (χ2v) is 11.0. The summed E-state index contributed by atoms with van der Waals surface area (Å²) in [6.07, 6.45) is 2.18. The number of likely N-dealkylation sites (tertiary alicyclic amines) is 1. The monoisotopic (exact) mass is 520 g/mol. The highest BCUT2D eigenvalue weighted by Gasteiger charge is 2.36. The average molecular weight is 521 g/mol. The Morgan fingerprint density at radius 3 is 2.42 bits per heavy atom. The third-order valence-corrected chi connectivity index (χ3v) is 6.98. The summed E-state index contributed by atoms with van der Waals surface area (Å²) in [6.45, 7) is 5.76. The molecule has 0 spiro atoms.